The van der Waals surface area contributed by atoms with Crippen molar-refractivity contribution in [3.05, 3.63) is 51.4 Å². The highest BCUT2D eigenvalue weighted by Crippen LogP contribution is 2.29. The van der Waals surface area contributed by atoms with Crippen LogP contribution in [0.5, 0.6) is 5.75 Å². The molecule has 3 heterocycles. The Balaban J connectivity index is 1.61. The molecule has 0 spiro atoms. The summed E-state index contributed by atoms with van der Waals surface area (Å²) in [4.78, 5) is 45.6. The van der Waals surface area contributed by atoms with Crippen LogP contribution >= 0.6 is 11.3 Å². The Hall–Kier alpha value is -3.20. The summed E-state index contributed by atoms with van der Waals surface area (Å²) in [5, 5.41) is 3.22. The number of methoxy groups -OCH3 is 1. The number of hydrogen-bond acceptors (Lipinski definition) is 6. The smallest absolute Gasteiger partial charge is 0.266 e. The summed E-state index contributed by atoms with van der Waals surface area (Å²) in [5.41, 5.74) is 0.800. The minimum Gasteiger partial charge on any atom is -0.495 e. The molecule has 0 atom stereocenters. The van der Waals surface area contributed by atoms with Crippen LogP contribution in [0, 0.1) is 6.92 Å². The summed E-state index contributed by atoms with van der Waals surface area (Å²) in [5.74, 6) is 0.136. The third-order valence-corrected chi connectivity index (χ3v) is 6.69. The largest absolute Gasteiger partial charge is 0.495 e. The molecular formula is C22H24N4O4S. The second-order valence-electron chi connectivity index (χ2n) is 7.51. The molecule has 1 saturated heterocycles. The number of ether oxygens (including phenoxy) is 1. The quantitative estimate of drug-likeness (QED) is 0.658. The number of piperidine rings is 1. The molecular weight excluding hydrogens is 416 g/mol. The number of rotatable bonds is 5. The first-order chi connectivity index (χ1) is 15.0. The third-order valence-electron chi connectivity index (χ3n) is 5.49. The number of fused-ring (bicyclic) bond motifs is 1. The summed E-state index contributed by atoms with van der Waals surface area (Å²) in [6, 6.07) is 7.12. The topological polar surface area (TPSA) is 93.5 Å². The fourth-order valence-electron chi connectivity index (χ4n) is 3.80. The van der Waals surface area contributed by atoms with Gasteiger partial charge in [-0.1, -0.05) is 12.1 Å². The number of nitrogens with one attached hydrogen (secondary N) is 1. The van der Waals surface area contributed by atoms with Crippen molar-refractivity contribution in [3.8, 4) is 5.75 Å². The van der Waals surface area contributed by atoms with Gasteiger partial charge in [0.25, 0.3) is 11.5 Å². The molecule has 0 saturated carbocycles. The van der Waals surface area contributed by atoms with Gasteiger partial charge in [0.2, 0.25) is 5.91 Å². The zero-order valence-electron chi connectivity index (χ0n) is 17.5. The number of para-hydroxylation sites is 2. The maximum absolute atomic E-state index is 13.1. The van der Waals surface area contributed by atoms with Crippen molar-refractivity contribution in [3.63, 3.8) is 0 Å². The van der Waals surface area contributed by atoms with Crippen molar-refractivity contribution >= 4 is 39.1 Å². The molecule has 1 N–H and O–H groups in total. The van der Waals surface area contributed by atoms with Crippen molar-refractivity contribution in [2.24, 2.45) is 0 Å². The van der Waals surface area contributed by atoms with Gasteiger partial charge in [-0.05, 0) is 43.9 Å². The van der Waals surface area contributed by atoms with Crippen molar-refractivity contribution < 1.29 is 14.3 Å². The highest BCUT2D eigenvalue weighted by molar-refractivity contribution is 7.20. The number of thiophene rings is 1. The van der Waals surface area contributed by atoms with Crippen LogP contribution in [0.25, 0.3) is 10.2 Å². The van der Waals surface area contributed by atoms with Crippen LogP contribution in [0.15, 0.2) is 35.4 Å². The Morgan fingerprint density at radius 1 is 1.19 bits per heavy atom. The molecule has 1 fully saturated rings. The molecule has 0 bridgehead atoms. The Kier molecular flexibility index (Phi) is 6.03. The Morgan fingerprint density at radius 3 is 2.68 bits per heavy atom. The van der Waals surface area contributed by atoms with Crippen LogP contribution in [0.3, 0.4) is 0 Å². The lowest BCUT2D eigenvalue weighted by atomic mass is 10.1. The van der Waals surface area contributed by atoms with Crippen LogP contribution in [-0.4, -0.2) is 46.5 Å². The van der Waals surface area contributed by atoms with Gasteiger partial charge in [-0.15, -0.1) is 11.3 Å². The molecule has 1 aromatic carbocycles. The molecule has 162 valence electrons. The van der Waals surface area contributed by atoms with Crippen molar-refractivity contribution in [2.45, 2.75) is 32.7 Å². The fourth-order valence-corrected chi connectivity index (χ4v) is 4.84. The van der Waals surface area contributed by atoms with Crippen LogP contribution in [0.1, 0.15) is 34.5 Å². The number of anilines is 1. The first kappa shape index (κ1) is 21.0. The number of nitrogens with zero attached hydrogens (tertiary/aromatic N) is 3. The fraction of sp³-hybridized carbons (Fsp3) is 0.364. The van der Waals surface area contributed by atoms with Crippen LogP contribution < -0.4 is 15.6 Å². The Morgan fingerprint density at radius 2 is 1.94 bits per heavy atom. The summed E-state index contributed by atoms with van der Waals surface area (Å²) < 4.78 is 6.61. The van der Waals surface area contributed by atoms with Crippen molar-refractivity contribution in [1.82, 2.24) is 14.5 Å². The lowest BCUT2D eigenvalue weighted by molar-refractivity contribution is -0.132. The van der Waals surface area contributed by atoms with E-state index >= 15 is 0 Å². The number of likely N-dealkylation sites (tertiary alicyclic amines) is 1. The number of carbonyl (C=O) groups excluding carboxylic acids is 2. The molecule has 1 aliphatic rings. The number of hydrogen-bond donors (Lipinski definition) is 1. The van der Waals surface area contributed by atoms with Crippen molar-refractivity contribution in [2.75, 3.05) is 25.5 Å². The number of aryl methyl sites for hydroxylation is 1. The van der Waals surface area contributed by atoms with E-state index in [1.165, 1.54) is 18.0 Å². The first-order valence-electron chi connectivity index (χ1n) is 10.2. The second kappa shape index (κ2) is 8.89. The molecule has 1 aliphatic heterocycles. The monoisotopic (exact) mass is 440 g/mol. The summed E-state index contributed by atoms with van der Waals surface area (Å²) >= 11 is 1.16. The van der Waals surface area contributed by atoms with Gasteiger partial charge in [-0.2, -0.15) is 0 Å². The van der Waals surface area contributed by atoms with E-state index in [0.29, 0.717) is 32.1 Å². The van der Waals surface area contributed by atoms with E-state index in [2.05, 4.69) is 10.3 Å². The summed E-state index contributed by atoms with van der Waals surface area (Å²) in [6.07, 6.45) is 4.51. The Labute approximate surface area is 183 Å². The SMILES string of the molecule is COc1ccccc1NC(=O)c1sc2ncn(CC(=O)N3CCCCC3)c(=O)c2c1C. The van der Waals surface area contributed by atoms with E-state index in [-0.39, 0.29) is 23.9 Å². The molecule has 9 heteroatoms. The van der Waals surface area contributed by atoms with Gasteiger partial charge in [0.1, 0.15) is 17.1 Å². The lowest BCUT2D eigenvalue weighted by Crippen LogP contribution is -2.39. The average molecular weight is 441 g/mol. The lowest BCUT2D eigenvalue weighted by Gasteiger charge is -2.26. The van der Waals surface area contributed by atoms with Gasteiger partial charge in [0.15, 0.2) is 0 Å². The molecule has 3 aromatic rings. The first-order valence-corrected chi connectivity index (χ1v) is 11.0. The zero-order valence-corrected chi connectivity index (χ0v) is 18.3. The molecule has 31 heavy (non-hydrogen) atoms. The third kappa shape index (κ3) is 4.18. The maximum atomic E-state index is 13.1. The van der Waals surface area contributed by atoms with Gasteiger partial charge in [0.05, 0.1) is 29.4 Å². The van der Waals surface area contributed by atoms with Gasteiger partial charge in [-0.25, -0.2) is 4.98 Å². The molecule has 8 nitrogen and oxygen atoms in total. The van der Waals surface area contributed by atoms with Crippen molar-refractivity contribution in [1.29, 1.82) is 0 Å². The molecule has 2 aromatic heterocycles. The van der Waals surface area contributed by atoms with E-state index in [1.807, 2.05) is 6.07 Å². The van der Waals surface area contributed by atoms with E-state index in [4.69, 9.17) is 4.74 Å². The zero-order chi connectivity index (χ0) is 22.0. The van der Waals surface area contributed by atoms with Crippen LogP contribution in [0.4, 0.5) is 5.69 Å². The number of amides is 2. The van der Waals surface area contributed by atoms with E-state index in [9.17, 15) is 14.4 Å². The van der Waals surface area contributed by atoms with E-state index in [0.717, 1.165) is 43.7 Å². The van der Waals surface area contributed by atoms with Gasteiger partial charge in [-0.3, -0.25) is 19.0 Å². The standard InChI is InChI=1S/C22H24N4O4S/c1-14-18-21(31-19(14)20(28)24-15-8-4-5-9-16(15)30-2)23-13-26(22(18)29)12-17(27)25-10-6-3-7-11-25/h4-5,8-9,13H,3,6-7,10-12H2,1-2H3,(H,24,28). The number of aromatic nitrogens is 2. The average Bonchev–Trinajstić information content (AvgIpc) is 3.13. The van der Waals surface area contributed by atoms with E-state index < -0.39 is 0 Å². The predicted molar refractivity (Wildman–Crippen MR) is 120 cm³/mol. The van der Waals surface area contributed by atoms with Gasteiger partial charge in [0, 0.05) is 13.1 Å². The van der Waals surface area contributed by atoms with Crippen LogP contribution in [-0.2, 0) is 11.3 Å². The maximum Gasteiger partial charge on any atom is 0.266 e. The minimum atomic E-state index is -0.333. The number of carbonyl (C=O) groups is 2. The summed E-state index contributed by atoms with van der Waals surface area (Å²) in [6.45, 7) is 3.15. The van der Waals surface area contributed by atoms with Crippen LogP contribution in [0.2, 0.25) is 0 Å². The molecule has 0 aliphatic carbocycles. The number of benzene rings is 1. The second-order valence-corrected chi connectivity index (χ2v) is 8.51. The van der Waals surface area contributed by atoms with E-state index in [1.54, 1.807) is 30.0 Å². The van der Waals surface area contributed by atoms with Gasteiger partial charge < -0.3 is 15.0 Å². The summed E-state index contributed by atoms with van der Waals surface area (Å²) in [7, 11) is 1.53. The molecule has 2 amide bonds. The minimum absolute atomic E-state index is 0.0419. The van der Waals surface area contributed by atoms with Gasteiger partial charge >= 0.3 is 0 Å². The molecule has 0 radical (unpaired) electrons. The predicted octanol–water partition coefficient (Wildman–Crippen LogP) is 3.04. The normalized spacial score (nSPS) is 13.9. The Bertz CT molecular complexity index is 1190. The molecule has 0 unspecified atom stereocenters. The highest BCUT2D eigenvalue weighted by Gasteiger charge is 2.22. The molecule has 4 rings (SSSR count). The highest BCUT2D eigenvalue weighted by atomic mass is 32.1.